The van der Waals surface area contributed by atoms with E-state index in [0.717, 1.165) is 29.9 Å². The molecule has 2 unspecified atom stereocenters. The molecule has 1 aliphatic heterocycles. The molecule has 4 nitrogen and oxygen atoms in total. The monoisotopic (exact) mass is 339 g/mol. The lowest BCUT2D eigenvalue weighted by Crippen LogP contribution is -2.48. The van der Waals surface area contributed by atoms with Gasteiger partial charge in [-0.3, -0.25) is 4.79 Å². The van der Waals surface area contributed by atoms with E-state index in [-0.39, 0.29) is 24.4 Å². The third-order valence-corrected chi connectivity index (χ3v) is 5.07. The molecule has 0 bridgehead atoms. The van der Waals surface area contributed by atoms with E-state index in [1.54, 1.807) is 16.2 Å². The molecule has 1 amide bonds. The van der Waals surface area contributed by atoms with Crippen LogP contribution in [0.3, 0.4) is 0 Å². The molecule has 1 fully saturated rings. The number of rotatable bonds is 3. The van der Waals surface area contributed by atoms with Gasteiger partial charge in [0.15, 0.2) is 0 Å². The number of hydrogen-bond acceptors (Lipinski definition) is 4. The molecule has 120 valence electrons. The summed E-state index contributed by atoms with van der Waals surface area (Å²) in [5.41, 5.74) is 1.02. The Kier molecular flexibility index (Phi) is 5.78. The standard InChI is InChI=1S/C16H21N3OS.ClH/c1-11-7-8-17-13(9-11)16(20)19(2)10-15-18-12-5-3-4-6-14(12)21-15;/h3-6,11,13,17H,7-10H2,1-2H3;1H. The lowest BCUT2D eigenvalue weighted by atomic mass is 9.93. The molecule has 1 aromatic heterocycles. The predicted molar refractivity (Wildman–Crippen MR) is 93.5 cm³/mol. The maximum atomic E-state index is 12.5. The van der Waals surface area contributed by atoms with Crippen molar-refractivity contribution < 1.29 is 4.79 Å². The summed E-state index contributed by atoms with van der Waals surface area (Å²) in [6.07, 6.45) is 2.09. The Labute approximate surface area is 141 Å². The number of nitrogens with one attached hydrogen (secondary N) is 1. The Morgan fingerprint density at radius 1 is 1.45 bits per heavy atom. The van der Waals surface area contributed by atoms with Crippen LogP contribution >= 0.6 is 23.7 Å². The fourth-order valence-corrected chi connectivity index (χ4v) is 3.85. The zero-order chi connectivity index (χ0) is 14.8. The number of aromatic nitrogens is 1. The first-order chi connectivity index (χ1) is 10.1. The minimum Gasteiger partial charge on any atom is -0.338 e. The summed E-state index contributed by atoms with van der Waals surface area (Å²) in [4.78, 5) is 18.9. The molecule has 1 N–H and O–H groups in total. The van der Waals surface area contributed by atoms with Gasteiger partial charge in [-0.15, -0.1) is 23.7 Å². The molecule has 0 aliphatic carbocycles. The molecule has 2 heterocycles. The van der Waals surface area contributed by atoms with Gasteiger partial charge in [-0.25, -0.2) is 4.98 Å². The lowest BCUT2D eigenvalue weighted by molar-refractivity contribution is -0.133. The van der Waals surface area contributed by atoms with Crippen molar-refractivity contribution in [3.63, 3.8) is 0 Å². The van der Waals surface area contributed by atoms with Crippen molar-refractivity contribution in [1.29, 1.82) is 0 Å². The van der Waals surface area contributed by atoms with Crippen molar-refractivity contribution in [3.05, 3.63) is 29.3 Å². The van der Waals surface area contributed by atoms with Crippen molar-refractivity contribution in [2.24, 2.45) is 5.92 Å². The highest BCUT2D eigenvalue weighted by Crippen LogP contribution is 2.23. The molecule has 0 radical (unpaired) electrons. The topological polar surface area (TPSA) is 45.2 Å². The lowest BCUT2D eigenvalue weighted by Gasteiger charge is -2.30. The number of amides is 1. The number of piperidine rings is 1. The average molecular weight is 340 g/mol. The maximum absolute atomic E-state index is 12.5. The number of thiazole rings is 1. The fourth-order valence-electron chi connectivity index (χ4n) is 2.83. The van der Waals surface area contributed by atoms with Crippen LogP contribution in [-0.2, 0) is 11.3 Å². The highest BCUT2D eigenvalue weighted by Gasteiger charge is 2.27. The first kappa shape index (κ1) is 17.2. The smallest absolute Gasteiger partial charge is 0.239 e. The molecule has 1 aromatic carbocycles. The minimum absolute atomic E-state index is 0. The van der Waals surface area contributed by atoms with E-state index in [1.807, 2.05) is 25.2 Å². The highest BCUT2D eigenvalue weighted by molar-refractivity contribution is 7.18. The minimum atomic E-state index is -0.0341. The number of fused-ring (bicyclic) bond motifs is 1. The van der Waals surface area contributed by atoms with Crippen LogP contribution in [-0.4, -0.2) is 35.4 Å². The Hall–Kier alpha value is -1.17. The van der Waals surface area contributed by atoms with E-state index in [9.17, 15) is 4.79 Å². The molecule has 2 atom stereocenters. The maximum Gasteiger partial charge on any atom is 0.239 e. The fraction of sp³-hybridized carbons (Fsp3) is 0.500. The number of likely N-dealkylation sites (N-methyl/N-ethyl adjacent to an activating group) is 1. The number of hydrogen-bond donors (Lipinski definition) is 1. The molecular weight excluding hydrogens is 318 g/mol. The summed E-state index contributed by atoms with van der Waals surface area (Å²) in [5, 5.41) is 4.33. The zero-order valence-corrected chi connectivity index (χ0v) is 14.5. The number of para-hydroxylation sites is 1. The van der Waals surface area contributed by atoms with Crippen molar-refractivity contribution in [1.82, 2.24) is 15.2 Å². The van der Waals surface area contributed by atoms with Gasteiger partial charge in [0.2, 0.25) is 5.91 Å². The third-order valence-electron chi connectivity index (χ3n) is 4.05. The van der Waals surface area contributed by atoms with Gasteiger partial charge in [-0.2, -0.15) is 0 Å². The van der Waals surface area contributed by atoms with Gasteiger partial charge in [0.05, 0.1) is 22.8 Å². The van der Waals surface area contributed by atoms with Gasteiger partial charge < -0.3 is 10.2 Å². The number of halogens is 1. The molecule has 0 spiro atoms. The van der Waals surface area contributed by atoms with Crippen molar-refractivity contribution >= 4 is 39.9 Å². The van der Waals surface area contributed by atoms with Crippen LogP contribution in [0.25, 0.3) is 10.2 Å². The van der Waals surface area contributed by atoms with E-state index in [1.165, 1.54) is 4.70 Å². The van der Waals surface area contributed by atoms with E-state index in [0.29, 0.717) is 12.5 Å². The van der Waals surface area contributed by atoms with E-state index < -0.39 is 0 Å². The number of nitrogens with zero attached hydrogens (tertiary/aromatic N) is 2. The van der Waals surface area contributed by atoms with Crippen LogP contribution in [0.1, 0.15) is 24.8 Å². The quantitative estimate of drug-likeness (QED) is 0.934. The number of benzene rings is 1. The first-order valence-electron chi connectivity index (χ1n) is 7.46. The SMILES string of the molecule is CC1CCNC(C(=O)N(C)Cc2nc3ccccc3s2)C1.Cl. The Morgan fingerprint density at radius 2 is 2.23 bits per heavy atom. The highest BCUT2D eigenvalue weighted by atomic mass is 35.5. The number of carbonyl (C=O) groups excluding carboxylic acids is 1. The zero-order valence-electron chi connectivity index (χ0n) is 12.9. The van der Waals surface area contributed by atoms with E-state index in [4.69, 9.17) is 0 Å². The van der Waals surface area contributed by atoms with Gasteiger partial charge >= 0.3 is 0 Å². The molecule has 6 heteroatoms. The number of carbonyl (C=O) groups is 1. The van der Waals surface area contributed by atoms with E-state index >= 15 is 0 Å². The molecular formula is C16H22ClN3OS. The molecule has 3 rings (SSSR count). The summed E-state index contributed by atoms with van der Waals surface area (Å²) in [6.45, 7) is 3.74. The van der Waals surface area contributed by atoms with E-state index in [2.05, 4.69) is 23.3 Å². The average Bonchev–Trinajstić information content (AvgIpc) is 2.88. The molecule has 1 saturated heterocycles. The van der Waals surface area contributed by atoms with Crippen LogP contribution < -0.4 is 5.32 Å². The van der Waals surface area contributed by atoms with Crippen molar-refractivity contribution in [2.45, 2.75) is 32.4 Å². The Morgan fingerprint density at radius 3 is 2.95 bits per heavy atom. The van der Waals surface area contributed by atoms with Crippen molar-refractivity contribution in [3.8, 4) is 0 Å². The van der Waals surface area contributed by atoms with Gasteiger partial charge in [0, 0.05) is 7.05 Å². The van der Waals surface area contributed by atoms with Crippen molar-refractivity contribution in [2.75, 3.05) is 13.6 Å². The van der Waals surface area contributed by atoms with Crippen LogP contribution in [0.5, 0.6) is 0 Å². The second-order valence-electron chi connectivity index (χ2n) is 5.91. The first-order valence-corrected chi connectivity index (χ1v) is 8.28. The molecule has 2 aromatic rings. The van der Waals surface area contributed by atoms with Gasteiger partial charge in [-0.05, 0) is 37.4 Å². The van der Waals surface area contributed by atoms with Crippen LogP contribution in [0.4, 0.5) is 0 Å². The summed E-state index contributed by atoms with van der Waals surface area (Å²) in [7, 11) is 1.87. The van der Waals surface area contributed by atoms with Gasteiger partial charge in [0.1, 0.15) is 5.01 Å². The second kappa shape index (κ2) is 7.40. The molecule has 1 aliphatic rings. The third kappa shape index (κ3) is 3.77. The molecule has 0 saturated carbocycles. The Bertz CT molecular complexity index is 612. The largest absolute Gasteiger partial charge is 0.338 e. The summed E-state index contributed by atoms with van der Waals surface area (Å²) in [5.74, 6) is 0.803. The normalized spacial score (nSPS) is 21.4. The van der Waals surface area contributed by atoms with Crippen LogP contribution in [0.2, 0.25) is 0 Å². The molecule has 22 heavy (non-hydrogen) atoms. The Balaban J connectivity index is 0.00000176. The second-order valence-corrected chi connectivity index (χ2v) is 7.02. The predicted octanol–water partition coefficient (Wildman–Crippen LogP) is 3.06. The van der Waals surface area contributed by atoms with Gasteiger partial charge in [0.25, 0.3) is 0 Å². The van der Waals surface area contributed by atoms with Crippen LogP contribution in [0, 0.1) is 5.92 Å². The summed E-state index contributed by atoms with van der Waals surface area (Å²) < 4.78 is 1.18. The van der Waals surface area contributed by atoms with Gasteiger partial charge in [-0.1, -0.05) is 19.1 Å². The summed E-state index contributed by atoms with van der Waals surface area (Å²) >= 11 is 1.66. The van der Waals surface area contributed by atoms with Crippen LogP contribution in [0.15, 0.2) is 24.3 Å². The summed E-state index contributed by atoms with van der Waals surface area (Å²) in [6, 6.07) is 8.07.